The van der Waals surface area contributed by atoms with Crippen LogP contribution in [-0.4, -0.2) is 29.5 Å². The van der Waals surface area contributed by atoms with Gasteiger partial charge in [-0.25, -0.2) is 18.3 Å². The Bertz CT molecular complexity index is 1990. The van der Waals surface area contributed by atoms with E-state index < -0.39 is 23.0 Å². The van der Waals surface area contributed by atoms with Crippen LogP contribution in [0.5, 0.6) is 11.5 Å². The van der Waals surface area contributed by atoms with Crippen molar-refractivity contribution in [2.75, 3.05) is 0 Å². The summed E-state index contributed by atoms with van der Waals surface area (Å²) in [6.07, 6.45) is 6.76. The van der Waals surface area contributed by atoms with Gasteiger partial charge in [0.15, 0.2) is 23.1 Å². The third-order valence-electron chi connectivity index (χ3n) is 6.71. The molecule has 10 heteroatoms. The summed E-state index contributed by atoms with van der Waals surface area (Å²) in [6.45, 7) is 1.72. The van der Waals surface area contributed by atoms with Gasteiger partial charge < -0.3 is 9.30 Å². The van der Waals surface area contributed by atoms with Gasteiger partial charge in [0, 0.05) is 42.8 Å². The SMILES string of the molecule is Cc1ccc(C(=O)Cc2ccc(Oc3cc(-c4cn(C)cn4)cn4nccc34)c(F)c2)c(=O)n1-c1ccc(F)cc1. The van der Waals surface area contributed by atoms with E-state index in [1.807, 2.05) is 24.0 Å². The van der Waals surface area contributed by atoms with Crippen molar-refractivity contribution in [3.8, 4) is 28.4 Å². The standard InChI is InChI=1S/C31H23F2N5O3/c1-19-3-9-24(31(40)38(19)23-7-5-22(32)6-8-23)28(39)14-20-4-10-29(25(33)13-20)41-30-15-21(26-17-36(2)18-34-26)16-37-27(30)11-12-35-37/h3-13,15-18H,14H2,1-2H3. The molecule has 0 saturated carbocycles. The van der Waals surface area contributed by atoms with E-state index in [4.69, 9.17) is 4.74 Å². The fourth-order valence-corrected chi connectivity index (χ4v) is 4.67. The fourth-order valence-electron chi connectivity index (χ4n) is 4.67. The number of imidazole rings is 1. The van der Waals surface area contributed by atoms with E-state index in [9.17, 15) is 14.0 Å². The number of fused-ring (bicyclic) bond motifs is 1. The summed E-state index contributed by atoms with van der Waals surface area (Å²) in [5.41, 5.74) is 2.92. The zero-order chi connectivity index (χ0) is 28.7. The molecule has 8 nitrogen and oxygen atoms in total. The second kappa shape index (κ2) is 10.3. The quantitative estimate of drug-likeness (QED) is 0.238. The first-order valence-corrected chi connectivity index (χ1v) is 12.7. The fraction of sp³-hybridized carbons (Fsp3) is 0.0968. The second-order valence-corrected chi connectivity index (χ2v) is 9.65. The van der Waals surface area contributed by atoms with Gasteiger partial charge in [-0.3, -0.25) is 14.2 Å². The maximum Gasteiger partial charge on any atom is 0.266 e. The normalized spacial score (nSPS) is 11.2. The molecule has 0 spiro atoms. The molecule has 4 aromatic heterocycles. The van der Waals surface area contributed by atoms with Gasteiger partial charge in [-0.1, -0.05) is 6.07 Å². The highest BCUT2D eigenvalue weighted by atomic mass is 19.1. The molecule has 6 rings (SSSR count). The van der Waals surface area contributed by atoms with Crippen molar-refractivity contribution in [2.24, 2.45) is 7.05 Å². The van der Waals surface area contributed by atoms with Gasteiger partial charge in [0.05, 0.1) is 23.8 Å². The van der Waals surface area contributed by atoms with Crippen LogP contribution in [0.4, 0.5) is 8.78 Å². The molecule has 0 aliphatic heterocycles. The summed E-state index contributed by atoms with van der Waals surface area (Å²) in [5.74, 6) is -1.21. The number of aryl methyl sites for hydroxylation is 2. The lowest BCUT2D eigenvalue weighted by Gasteiger charge is -2.12. The third-order valence-corrected chi connectivity index (χ3v) is 6.71. The Morgan fingerprint density at radius 3 is 2.49 bits per heavy atom. The molecule has 0 bridgehead atoms. The van der Waals surface area contributed by atoms with E-state index in [0.717, 1.165) is 5.56 Å². The molecular weight excluding hydrogens is 528 g/mol. The van der Waals surface area contributed by atoms with Crippen molar-refractivity contribution < 1.29 is 18.3 Å². The Morgan fingerprint density at radius 2 is 1.76 bits per heavy atom. The molecule has 41 heavy (non-hydrogen) atoms. The molecule has 4 heterocycles. The van der Waals surface area contributed by atoms with Crippen LogP contribution in [0.15, 0.2) is 96.4 Å². The third kappa shape index (κ3) is 5.03. The lowest BCUT2D eigenvalue weighted by Crippen LogP contribution is -2.27. The number of Topliss-reactive ketones (excluding diaryl/α,β-unsaturated/α-hetero) is 1. The predicted molar refractivity (Wildman–Crippen MR) is 149 cm³/mol. The maximum absolute atomic E-state index is 15.2. The minimum absolute atomic E-state index is 0.0310. The predicted octanol–water partition coefficient (Wildman–Crippen LogP) is 5.69. The molecule has 0 aliphatic rings. The highest BCUT2D eigenvalue weighted by Crippen LogP contribution is 2.32. The Kier molecular flexibility index (Phi) is 6.50. The Labute approximate surface area is 232 Å². The summed E-state index contributed by atoms with van der Waals surface area (Å²) < 4.78 is 39.4. The van der Waals surface area contributed by atoms with Gasteiger partial charge in [-0.15, -0.1) is 0 Å². The van der Waals surface area contributed by atoms with Crippen LogP contribution < -0.4 is 10.3 Å². The number of halogens is 2. The van der Waals surface area contributed by atoms with Crippen molar-refractivity contribution in [3.63, 3.8) is 0 Å². The highest BCUT2D eigenvalue weighted by Gasteiger charge is 2.18. The summed E-state index contributed by atoms with van der Waals surface area (Å²) in [6, 6.07) is 16.3. The number of carbonyl (C=O) groups is 1. The van der Waals surface area contributed by atoms with E-state index in [-0.39, 0.29) is 17.7 Å². The highest BCUT2D eigenvalue weighted by molar-refractivity contribution is 5.97. The molecule has 0 radical (unpaired) electrons. The maximum atomic E-state index is 15.2. The first kappa shape index (κ1) is 25.9. The Balaban J connectivity index is 1.26. The molecule has 0 N–H and O–H groups in total. The summed E-state index contributed by atoms with van der Waals surface area (Å²) in [7, 11) is 1.86. The molecule has 2 aromatic carbocycles. The lowest BCUT2D eigenvalue weighted by molar-refractivity contribution is 0.0991. The number of aromatic nitrogens is 5. The van der Waals surface area contributed by atoms with Crippen LogP contribution in [-0.2, 0) is 13.5 Å². The van der Waals surface area contributed by atoms with Crippen LogP contribution in [0.3, 0.4) is 0 Å². The Hall–Kier alpha value is -5.38. The summed E-state index contributed by atoms with van der Waals surface area (Å²) in [5, 5.41) is 4.28. The van der Waals surface area contributed by atoms with Gasteiger partial charge in [-0.2, -0.15) is 5.10 Å². The van der Waals surface area contributed by atoms with Crippen LogP contribution in [0.2, 0.25) is 0 Å². The molecular formula is C31H23F2N5O3. The number of carbonyl (C=O) groups excluding carboxylic acids is 1. The second-order valence-electron chi connectivity index (χ2n) is 9.65. The van der Waals surface area contributed by atoms with Crippen molar-refractivity contribution in [1.82, 2.24) is 23.7 Å². The number of nitrogens with zero attached hydrogens (tertiary/aromatic N) is 5. The number of hydrogen-bond donors (Lipinski definition) is 0. The van der Waals surface area contributed by atoms with Crippen LogP contribution in [0.25, 0.3) is 22.5 Å². The van der Waals surface area contributed by atoms with Gasteiger partial charge >= 0.3 is 0 Å². The van der Waals surface area contributed by atoms with Gasteiger partial charge in [0.25, 0.3) is 5.56 Å². The zero-order valence-corrected chi connectivity index (χ0v) is 22.1. The topological polar surface area (TPSA) is 83.4 Å². The van der Waals surface area contributed by atoms with Gasteiger partial charge in [0.2, 0.25) is 0 Å². The van der Waals surface area contributed by atoms with E-state index in [2.05, 4.69) is 10.1 Å². The molecule has 204 valence electrons. The first-order chi connectivity index (χ1) is 19.8. The van der Waals surface area contributed by atoms with E-state index >= 15 is 4.39 Å². The van der Waals surface area contributed by atoms with Crippen LogP contribution in [0.1, 0.15) is 21.6 Å². The van der Waals surface area contributed by atoms with E-state index in [1.165, 1.54) is 47.0 Å². The van der Waals surface area contributed by atoms with Gasteiger partial charge in [-0.05, 0) is 73.2 Å². The number of pyridine rings is 2. The molecule has 0 fully saturated rings. The minimum Gasteiger partial charge on any atom is -0.452 e. The molecule has 0 unspecified atom stereocenters. The van der Waals surface area contributed by atoms with E-state index in [1.54, 1.807) is 48.2 Å². The van der Waals surface area contributed by atoms with Crippen molar-refractivity contribution >= 4 is 11.3 Å². The molecule has 0 aliphatic carbocycles. The number of ketones is 1. The number of benzene rings is 2. The smallest absolute Gasteiger partial charge is 0.266 e. The molecule has 0 amide bonds. The largest absolute Gasteiger partial charge is 0.452 e. The number of hydrogen-bond acceptors (Lipinski definition) is 5. The Morgan fingerprint density at radius 1 is 0.951 bits per heavy atom. The number of ether oxygens (including phenoxy) is 1. The van der Waals surface area contributed by atoms with E-state index in [0.29, 0.717) is 33.9 Å². The average molecular weight is 552 g/mol. The van der Waals surface area contributed by atoms with Crippen LogP contribution in [0, 0.1) is 18.6 Å². The lowest BCUT2D eigenvalue weighted by atomic mass is 10.0. The number of rotatable bonds is 7. The molecule has 6 aromatic rings. The van der Waals surface area contributed by atoms with Crippen molar-refractivity contribution in [1.29, 1.82) is 0 Å². The van der Waals surface area contributed by atoms with Crippen LogP contribution >= 0.6 is 0 Å². The summed E-state index contributed by atoms with van der Waals surface area (Å²) in [4.78, 5) is 30.7. The minimum atomic E-state index is -0.663. The van der Waals surface area contributed by atoms with Gasteiger partial charge in [0.1, 0.15) is 11.3 Å². The zero-order valence-electron chi connectivity index (χ0n) is 22.1. The molecule has 0 atom stereocenters. The monoisotopic (exact) mass is 551 g/mol. The average Bonchev–Trinajstić information content (AvgIpc) is 3.60. The molecule has 0 saturated heterocycles. The summed E-state index contributed by atoms with van der Waals surface area (Å²) >= 11 is 0. The first-order valence-electron chi connectivity index (χ1n) is 12.7. The van der Waals surface area contributed by atoms with Crippen molar-refractivity contribution in [2.45, 2.75) is 13.3 Å². The van der Waals surface area contributed by atoms with Crippen molar-refractivity contribution in [3.05, 3.63) is 130 Å².